The lowest BCUT2D eigenvalue weighted by molar-refractivity contribution is -0.147. The zero-order valence-electron chi connectivity index (χ0n) is 21.6. The van der Waals surface area contributed by atoms with Crippen LogP contribution in [0.25, 0.3) is 0 Å². The summed E-state index contributed by atoms with van der Waals surface area (Å²) in [6, 6.07) is 4.81. The molecule has 1 aromatic carbocycles. The highest BCUT2D eigenvalue weighted by Gasteiger charge is 2.32. The van der Waals surface area contributed by atoms with Gasteiger partial charge >= 0.3 is 11.9 Å². The summed E-state index contributed by atoms with van der Waals surface area (Å²) >= 11 is 0. The van der Waals surface area contributed by atoms with E-state index in [2.05, 4.69) is 5.32 Å². The van der Waals surface area contributed by atoms with E-state index in [0.29, 0.717) is 31.2 Å². The van der Waals surface area contributed by atoms with Crippen LogP contribution in [-0.2, 0) is 19.7 Å². The van der Waals surface area contributed by atoms with Gasteiger partial charge in [-0.25, -0.2) is 0 Å². The van der Waals surface area contributed by atoms with Gasteiger partial charge < -0.3 is 19.9 Å². The third-order valence-corrected chi connectivity index (χ3v) is 5.01. The smallest absolute Gasteiger partial charge is 0.317 e. The maximum absolute atomic E-state index is 12.7. The number of nitrogens with one attached hydrogen (secondary N) is 1. The second-order valence-corrected chi connectivity index (χ2v) is 11.0. The summed E-state index contributed by atoms with van der Waals surface area (Å²) in [5, 5.41) is 13.2. The first-order valence-corrected chi connectivity index (χ1v) is 13.2. The minimum atomic E-state index is -3.67. The molecule has 0 heterocycles. The van der Waals surface area contributed by atoms with Crippen molar-refractivity contribution < 1.29 is 37.1 Å². The van der Waals surface area contributed by atoms with Crippen molar-refractivity contribution in [3.8, 4) is 11.5 Å². The molecule has 0 saturated heterocycles. The van der Waals surface area contributed by atoms with E-state index in [-0.39, 0.29) is 17.5 Å². The summed E-state index contributed by atoms with van der Waals surface area (Å²) < 4.78 is 37.1. The van der Waals surface area contributed by atoms with Crippen molar-refractivity contribution in [2.24, 2.45) is 10.8 Å². The number of carbonyl (C=O) groups excluding carboxylic acids is 2. The van der Waals surface area contributed by atoms with Gasteiger partial charge in [-0.1, -0.05) is 32.8 Å². The number of hydrogen-bond acceptors (Lipinski definition) is 8. The van der Waals surface area contributed by atoms with Gasteiger partial charge in [-0.15, -0.1) is 0 Å². The van der Waals surface area contributed by atoms with Crippen LogP contribution in [0.4, 0.5) is 0 Å². The second kappa shape index (κ2) is 13.8. The van der Waals surface area contributed by atoms with Crippen molar-refractivity contribution >= 4 is 22.1 Å². The van der Waals surface area contributed by atoms with Crippen LogP contribution in [-0.4, -0.2) is 49.9 Å². The SMILES string of the molecule is CCCC(C)(C)C(=O)Oc1ccc(C(O)CNC)cc1OC(=O)C(C)(C)CCC.CS(=O)(=O)O. The summed E-state index contributed by atoms with van der Waals surface area (Å²) in [5.41, 5.74) is -0.748. The van der Waals surface area contributed by atoms with E-state index in [4.69, 9.17) is 14.0 Å². The van der Waals surface area contributed by atoms with Crippen molar-refractivity contribution in [1.82, 2.24) is 5.32 Å². The molecule has 34 heavy (non-hydrogen) atoms. The number of benzene rings is 1. The fraction of sp³-hybridized carbons (Fsp3) is 0.667. The molecule has 9 nitrogen and oxygen atoms in total. The molecule has 0 aliphatic rings. The van der Waals surface area contributed by atoms with Crippen LogP contribution in [0.3, 0.4) is 0 Å². The van der Waals surface area contributed by atoms with Crippen LogP contribution in [0, 0.1) is 10.8 Å². The van der Waals surface area contributed by atoms with Crippen LogP contribution in [0.15, 0.2) is 18.2 Å². The Labute approximate surface area is 204 Å². The monoisotopic (exact) mass is 503 g/mol. The minimum absolute atomic E-state index is 0.146. The van der Waals surface area contributed by atoms with Gasteiger partial charge in [0.15, 0.2) is 11.5 Å². The highest BCUT2D eigenvalue weighted by Crippen LogP contribution is 2.35. The van der Waals surface area contributed by atoms with Crippen molar-refractivity contribution in [3.05, 3.63) is 23.8 Å². The van der Waals surface area contributed by atoms with Gasteiger partial charge in [0.25, 0.3) is 10.1 Å². The number of aliphatic hydroxyl groups is 1. The summed E-state index contributed by atoms with van der Waals surface area (Å²) in [7, 11) is -1.93. The third kappa shape index (κ3) is 11.9. The zero-order chi connectivity index (χ0) is 26.7. The largest absolute Gasteiger partial charge is 0.422 e. The number of hydrogen-bond donors (Lipinski definition) is 3. The molecule has 1 atom stereocenters. The van der Waals surface area contributed by atoms with E-state index in [9.17, 15) is 23.1 Å². The topological polar surface area (TPSA) is 139 Å². The van der Waals surface area contributed by atoms with Gasteiger partial charge in [-0.05, 0) is 65.3 Å². The van der Waals surface area contributed by atoms with Crippen molar-refractivity contribution in [3.63, 3.8) is 0 Å². The lowest BCUT2D eigenvalue weighted by Crippen LogP contribution is -2.30. The molecule has 0 aliphatic carbocycles. The molecular weight excluding hydrogens is 462 g/mol. The van der Waals surface area contributed by atoms with E-state index in [1.807, 2.05) is 41.5 Å². The number of esters is 2. The summed E-state index contributed by atoms with van der Waals surface area (Å²) in [4.78, 5) is 25.4. The first-order chi connectivity index (χ1) is 15.5. The molecular formula is C24H41NO8S. The molecule has 0 spiro atoms. The molecule has 0 saturated carbocycles. The number of aliphatic hydroxyl groups excluding tert-OH is 1. The van der Waals surface area contributed by atoms with Crippen molar-refractivity contribution in [2.75, 3.05) is 19.8 Å². The maximum Gasteiger partial charge on any atom is 0.317 e. The Bertz CT molecular complexity index is 902. The summed E-state index contributed by atoms with van der Waals surface area (Å²) in [5.74, 6) is -0.453. The Morgan fingerprint density at radius 2 is 1.38 bits per heavy atom. The molecule has 1 rings (SSSR count). The molecule has 0 aliphatic heterocycles. The lowest BCUT2D eigenvalue weighted by Gasteiger charge is -2.25. The maximum atomic E-state index is 12.7. The fourth-order valence-corrected chi connectivity index (χ4v) is 3.14. The van der Waals surface area contributed by atoms with Crippen LogP contribution in [0.2, 0.25) is 0 Å². The Kier molecular flexibility index (Phi) is 13.0. The van der Waals surface area contributed by atoms with Crippen LogP contribution >= 0.6 is 0 Å². The third-order valence-electron chi connectivity index (χ3n) is 5.01. The highest BCUT2D eigenvalue weighted by atomic mass is 32.2. The molecule has 0 fully saturated rings. The molecule has 0 aromatic heterocycles. The van der Waals surface area contributed by atoms with E-state index in [1.54, 1.807) is 25.2 Å². The normalized spacial score (nSPS) is 12.9. The quantitative estimate of drug-likeness (QED) is 0.233. The molecule has 0 radical (unpaired) electrons. The number of likely N-dealkylation sites (N-methyl/N-ethyl adjacent to an activating group) is 1. The van der Waals surface area contributed by atoms with Gasteiger partial charge in [0.2, 0.25) is 0 Å². The number of ether oxygens (including phenoxy) is 2. The van der Waals surface area contributed by atoms with Crippen LogP contribution in [0.5, 0.6) is 11.5 Å². The van der Waals surface area contributed by atoms with Gasteiger partial charge in [0.1, 0.15) is 0 Å². The Hall–Kier alpha value is -2.01. The second-order valence-electron chi connectivity index (χ2n) is 9.56. The Balaban J connectivity index is 0.00000196. The minimum Gasteiger partial charge on any atom is -0.422 e. The van der Waals surface area contributed by atoms with Gasteiger partial charge in [0, 0.05) is 6.54 Å². The van der Waals surface area contributed by atoms with E-state index in [1.165, 1.54) is 0 Å². The fourth-order valence-electron chi connectivity index (χ4n) is 3.14. The molecule has 0 amide bonds. The first-order valence-electron chi connectivity index (χ1n) is 11.3. The molecule has 196 valence electrons. The summed E-state index contributed by atoms with van der Waals surface area (Å²) in [6.45, 7) is 11.7. The van der Waals surface area contributed by atoms with Gasteiger partial charge in [-0.2, -0.15) is 8.42 Å². The zero-order valence-corrected chi connectivity index (χ0v) is 22.4. The number of carbonyl (C=O) groups is 2. The molecule has 10 heteroatoms. The molecule has 3 N–H and O–H groups in total. The predicted octanol–water partition coefficient (Wildman–Crippen LogP) is 3.91. The average Bonchev–Trinajstić information content (AvgIpc) is 2.67. The Morgan fingerprint density at radius 1 is 0.971 bits per heavy atom. The predicted molar refractivity (Wildman–Crippen MR) is 131 cm³/mol. The van der Waals surface area contributed by atoms with E-state index < -0.39 is 33.0 Å². The standard InChI is InChI=1S/C23H37NO5.CH4O3S/c1-8-12-22(3,4)20(26)28-18-11-10-16(17(25)15-24-7)14-19(18)29-21(27)23(5,6)13-9-2;1-5(2,3)4/h10-11,14,17,24-25H,8-9,12-13,15H2,1-7H3;1H3,(H,2,3,4). The average molecular weight is 504 g/mol. The van der Waals surface area contributed by atoms with Gasteiger partial charge in [0.05, 0.1) is 23.2 Å². The molecule has 0 bridgehead atoms. The van der Waals surface area contributed by atoms with E-state index in [0.717, 1.165) is 12.8 Å². The van der Waals surface area contributed by atoms with Crippen molar-refractivity contribution in [2.45, 2.75) is 73.3 Å². The molecule has 1 unspecified atom stereocenters. The van der Waals surface area contributed by atoms with Crippen LogP contribution in [0.1, 0.15) is 78.9 Å². The highest BCUT2D eigenvalue weighted by molar-refractivity contribution is 7.85. The van der Waals surface area contributed by atoms with Crippen molar-refractivity contribution in [1.29, 1.82) is 0 Å². The van der Waals surface area contributed by atoms with Crippen LogP contribution < -0.4 is 14.8 Å². The first kappa shape index (κ1) is 32.0. The lowest BCUT2D eigenvalue weighted by atomic mass is 9.88. The Morgan fingerprint density at radius 3 is 1.76 bits per heavy atom. The molecule has 1 aromatic rings. The number of rotatable bonds is 11. The van der Waals surface area contributed by atoms with E-state index >= 15 is 0 Å². The summed E-state index contributed by atoms with van der Waals surface area (Å²) in [6.07, 6.45) is 2.99. The van der Waals surface area contributed by atoms with Gasteiger partial charge in [-0.3, -0.25) is 14.1 Å².